The Morgan fingerprint density at radius 1 is 1.44 bits per heavy atom. The molecule has 1 atom stereocenters. The molecule has 0 saturated carbocycles. The number of hydrogen-bond acceptors (Lipinski definition) is 2. The van der Waals surface area contributed by atoms with Crippen LogP contribution in [-0.2, 0) is 0 Å². The molecule has 0 radical (unpaired) electrons. The number of urea groups is 1. The van der Waals surface area contributed by atoms with E-state index in [0.29, 0.717) is 18.1 Å². The van der Waals surface area contributed by atoms with E-state index in [2.05, 4.69) is 0 Å². The summed E-state index contributed by atoms with van der Waals surface area (Å²) in [6, 6.07) is 6.79. The maximum atomic E-state index is 10.9. The maximum absolute atomic E-state index is 10.9. The molecular formula is C11H13ClN2O2. The number of nitrogens with two attached hydrogens (primary N) is 1. The van der Waals surface area contributed by atoms with Crippen LogP contribution in [0.3, 0.4) is 0 Å². The first-order chi connectivity index (χ1) is 7.65. The van der Waals surface area contributed by atoms with Gasteiger partial charge in [-0.05, 0) is 24.3 Å². The van der Waals surface area contributed by atoms with Gasteiger partial charge in [-0.1, -0.05) is 11.6 Å². The van der Waals surface area contributed by atoms with E-state index in [1.807, 2.05) is 12.1 Å². The lowest BCUT2D eigenvalue weighted by atomic mass is 10.3. The number of halogens is 1. The number of likely N-dealkylation sites (tertiary alicyclic amines) is 1. The zero-order valence-electron chi connectivity index (χ0n) is 8.73. The van der Waals surface area contributed by atoms with Crippen molar-refractivity contribution in [2.75, 3.05) is 13.1 Å². The van der Waals surface area contributed by atoms with Crippen molar-refractivity contribution in [1.29, 1.82) is 0 Å². The van der Waals surface area contributed by atoms with Crippen LogP contribution >= 0.6 is 11.6 Å². The summed E-state index contributed by atoms with van der Waals surface area (Å²) in [7, 11) is 0. The van der Waals surface area contributed by atoms with Crippen molar-refractivity contribution in [3.05, 3.63) is 29.3 Å². The van der Waals surface area contributed by atoms with Gasteiger partial charge in [-0.25, -0.2) is 4.79 Å². The third-order valence-corrected chi connectivity index (χ3v) is 2.83. The molecule has 0 unspecified atom stereocenters. The molecule has 86 valence electrons. The molecule has 1 saturated heterocycles. The molecule has 1 aliphatic rings. The van der Waals surface area contributed by atoms with Gasteiger partial charge in [0.2, 0.25) is 0 Å². The Morgan fingerprint density at radius 2 is 2.12 bits per heavy atom. The lowest BCUT2D eigenvalue weighted by Crippen LogP contribution is -2.35. The fourth-order valence-corrected chi connectivity index (χ4v) is 1.86. The minimum Gasteiger partial charge on any atom is -0.489 e. The van der Waals surface area contributed by atoms with Crippen LogP contribution in [0.2, 0.25) is 5.02 Å². The fraction of sp³-hybridized carbons (Fsp3) is 0.364. The summed E-state index contributed by atoms with van der Waals surface area (Å²) in [6.07, 6.45) is 0.833. The number of nitrogens with zero attached hydrogens (tertiary/aromatic N) is 1. The van der Waals surface area contributed by atoms with Crippen LogP contribution in [0.25, 0.3) is 0 Å². The summed E-state index contributed by atoms with van der Waals surface area (Å²) in [4.78, 5) is 12.5. The summed E-state index contributed by atoms with van der Waals surface area (Å²) < 4.78 is 5.70. The molecule has 1 aliphatic heterocycles. The van der Waals surface area contributed by atoms with Gasteiger partial charge in [-0.3, -0.25) is 0 Å². The Kier molecular flexibility index (Phi) is 3.19. The molecule has 1 aromatic rings. The predicted octanol–water partition coefficient (Wildman–Crippen LogP) is 1.87. The Hall–Kier alpha value is -1.42. The van der Waals surface area contributed by atoms with Crippen LogP contribution in [0.5, 0.6) is 5.75 Å². The van der Waals surface area contributed by atoms with Gasteiger partial charge >= 0.3 is 6.03 Å². The molecule has 0 spiro atoms. The quantitative estimate of drug-likeness (QED) is 0.858. The second-order valence-corrected chi connectivity index (χ2v) is 4.20. The molecule has 1 fully saturated rings. The molecule has 2 rings (SSSR count). The van der Waals surface area contributed by atoms with E-state index in [1.54, 1.807) is 17.0 Å². The number of hydrogen-bond donors (Lipinski definition) is 1. The van der Waals surface area contributed by atoms with Gasteiger partial charge in [-0.15, -0.1) is 0 Å². The number of carbonyl (C=O) groups excluding carboxylic acids is 1. The van der Waals surface area contributed by atoms with Crippen LogP contribution < -0.4 is 10.5 Å². The largest absolute Gasteiger partial charge is 0.489 e. The second kappa shape index (κ2) is 4.61. The topological polar surface area (TPSA) is 55.6 Å². The first-order valence-corrected chi connectivity index (χ1v) is 5.49. The SMILES string of the molecule is NC(=O)N1CC[C@@H](Oc2ccc(Cl)cc2)C1. The molecule has 0 aromatic heterocycles. The molecule has 0 bridgehead atoms. The number of rotatable bonds is 2. The third kappa shape index (κ3) is 2.58. The van der Waals surface area contributed by atoms with E-state index in [4.69, 9.17) is 22.1 Å². The van der Waals surface area contributed by atoms with Crippen LogP contribution in [-0.4, -0.2) is 30.1 Å². The van der Waals surface area contributed by atoms with Crippen LogP contribution in [0, 0.1) is 0 Å². The van der Waals surface area contributed by atoms with Gasteiger partial charge in [0.05, 0.1) is 6.54 Å². The fourth-order valence-electron chi connectivity index (χ4n) is 1.73. The number of benzene rings is 1. The Bertz CT molecular complexity index is 380. The van der Waals surface area contributed by atoms with Crippen molar-refractivity contribution in [2.24, 2.45) is 5.73 Å². The molecule has 4 nitrogen and oxygen atoms in total. The van der Waals surface area contributed by atoms with E-state index in [-0.39, 0.29) is 12.1 Å². The normalized spacial score (nSPS) is 19.8. The number of carbonyl (C=O) groups is 1. The molecule has 2 amide bonds. The van der Waals surface area contributed by atoms with E-state index < -0.39 is 0 Å². The Labute approximate surface area is 98.9 Å². The summed E-state index contributed by atoms with van der Waals surface area (Å²) in [6.45, 7) is 1.21. The van der Waals surface area contributed by atoms with Gasteiger partial charge in [0.1, 0.15) is 11.9 Å². The van der Waals surface area contributed by atoms with Crippen LogP contribution in [0.15, 0.2) is 24.3 Å². The zero-order chi connectivity index (χ0) is 11.5. The van der Waals surface area contributed by atoms with Crippen molar-refractivity contribution in [1.82, 2.24) is 4.90 Å². The van der Waals surface area contributed by atoms with E-state index in [1.165, 1.54) is 0 Å². The van der Waals surface area contributed by atoms with Gasteiger partial charge in [-0.2, -0.15) is 0 Å². The average Bonchev–Trinajstić information content (AvgIpc) is 2.70. The van der Waals surface area contributed by atoms with Gasteiger partial charge < -0.3 is 15.4 Å². The first-order valence-electron chi connectivity index (χ1n) is 5.12. The van der Waals surface area contributed by atoms with Crippen molar-refractivity contribution >= 4 is 17.6 Å². The standard InChI is InChI=1S/C11H13ClN2O2/c12-8-1-3-9(4-2-8)16-10-5-6-14(7-10)11(13)15/h1-4,10H,5-7H2,(H2,13,15)/t10-/m1/s1. The molecular weight excluding hydrogens is 228 g/mol. The van der Waals surface area contributed by atoms with Gasteiger partial charge in [0, 0.05) is 18.0 Å². The van der Waals surface area contributed by atoms with Crippen LogP contribution in [0.1, 0.15) is 6.42 Å². The van der Waals surface area contributed by atoms with Crippen molar-refractivity contribution in [3.8, 4) is 5.75 Å². The molecule has 2 N–H and O–H groups in total. The third-order valence-electron chi connectivity index (χ3n) is 2.57. The summed E-state index contributed by atoms with van der Waals surface area (Å²) in [5.74, 6) is 0.765. The summed E-state index contributed by atoms with van der Waals surface area (Å²) in [5, 5.41) is 0.678. The minimum atomic E-state index is -0.387. The van der Waals surface area contributed by atoms with Gasteiger partial charge in [0.25, 0.3) is 0 Å². The Morgan fingerprint density at radius 3 is 2.69 bits per heavy atom. The molecule has 5 heteroatoms. The predicted molar refractivity (Wildman–Crippen MR) is 61.6 cm³/mol. The van der Waals surface area contributed by atoms with E-state index in [9.17, 15) is 4.79 Å². The van der Waals surface area contributed by atoms with Crippen molar-refractivity contribution < 1.29 is 9.53 Å². The number of amides is 2. The number of ether oxygens (including phenoxy) is 1. The van der Waals surface area contributed by atoms with Crippen molar-refractivity contribution in [3.63, 3.8) is 0 Å². The smallest absolute Gasteiger partial charge is 0.314 e. The highest BCUT2D eigenvalue weighted by molar-refractivity contribution is 6.30. The van der Waals surface area contributed by atoms with E-state index >= 15 is 0 Å². The lowest BCUT2D eigenvalue weighted by molar-refractivity contribution is 0.192. The van der Waals surface area contributed by atoms with Crippen LogP contribution in [0.4, 0.5) is 4.79 Å². The molecule has 1 aromatic carbocycles. The lowest BCUT2D eigenvalue weighted by Gasteiger charge is -2.15. The Balaban J connectivity index is 1.92. The van der Waals surface area contributed by atoms with Crippen molar-refractivity contribution in [2.45, 2.75) is 12.5 Å². The zero-order valence-corrected chi connectivity index (χ0v) is 9.48. The average molecular weight is 241 g/mol. The summed E-state index contributed by atoms with van der Waals surface area (Å²) >= 11 is 5.77. The highest BCUT2D eigenvalue weighted by atomic mass is 35.5. The molecule has 1 heterocycles. The van der Waals surface area contributed by atoms with E-state index in [0.717, 1.165) is 12.2 Å². The highest BCUT2D eigenvalue weighted by Gasteiger charge is 2.25. The summed E-state index contributed by atoms with van der Waals surface area (Å²) in [5.41, 5.74) is 5.19. The van der Waals surface area contributed by atoms with Gasteiger partial charge in [0.15, 0.2) is 0 Å². The molecule has 16 heavy (non-hydrogen) atoms. The minimum absolute atomic E-state index is 0.0219. The highest BCUT2D eigenvalue weighted by Crippen LogP contribution is 2.20. The first kappa shape index (κ1) is 11.1. The molecule has 0 aliphatic carbocycles. The number of primary amides is 1. The second-order valence-electron chi connectivity index (χ2n) is 3.77. The maximum Gasteiger partial charge on any atom is 0.314 e. The monoisotopic (exact) mass is 240 g/mol.